The van der Waals surface area contributed by atoms with Gasteiger partial charge in [-0.25, -0.2) is 13.1 Å². The molecule has 122 valence electrons. The van der Waals surface area contributed by atoms with E-state index in [1.165, 1.54) is 11.3 Å². The van der Waals surface area contributed by atoms with Gasteiger partial charge in [0.05, 0.1) is 11.1 Å². The normalized spacial score (nSPS) is 11.0. The Morgan fingerprint density at radius 1 is 1.33 bits per heavy atom. The van der Waals surface area contributed by atoms with Crippen LogP contribution in [0.25, 0.3) is 0 Å². The highest BCUT2D eigenvalue weighted by molar-refractivity contribution is 7.88. The minimum Gasteiger partial charge on any atom is -0.340 e. The molecule has 0 aliphatic heterocycles. The van der Waals surface area contributed by atoms with Gasteiger partial charge in [-0.1, -0.05) is 0 Å². The zero-order valence-electron chi connectivity index (χ0n) is 12.4. The van der Waals surface area contributed by atoms with Gasteiger partial charge in [-0.15, -0.1) is 23.7 Å². The minimum absolute atomic E-state index is 0. The number of carbonyl (C=O) groups excluding carboxylic acids is 1. The fraction of sp³-hybridized carbons (Fsp3) is 0.583. The number of likely N-dealkylation sites (N-methyl/N-ethyl adjacent to an activating group) is 2. The largest absolute Gasteiger partial charge is 0.340 e. The Morgan fingerprint density at radius 2 is 2.00 bits per heavy atom. The number of rotatable bonds is 8. The maximum absolute atomic E-state index is 12.1. The molecule has 6 nitrogen and oxygen atoms in total. The van der Waals surface area contributed by atoms with Crippen molar-refractivity contribution in [2.24, 2.45) is 0 Å². The number of thiophene rings is 1. The minimum atomic E-state index is -3.15. The van der Waals surface area contributed by atoms with Gasteiger partial charge in [0, 0.05) is 31.6 Å². The summed E-state index contributed by atoms with van der Waals surface area (Å²) in [6.45, 7) is 1.75. The Labute approximate surface area is 136 Å². The summed E-state index contributed by atoms with van der Waals surface area (Å²) in [6.07, 6.45) is 1.72. The topological polar surface area (TPSA) is 78.5 Å². The van der Waals surface area contributed by atoms with E-state index in [9.17, 15) is 13.2 Å². The Bertz CT molecular complexity index is 546. The number of sulfonamides is 1. The lowest BCUT2D eigenvalue weighted by atomic mass is 10.3. The smallest absolute Gasteiger partial charge is 0.263 e. The van der Waals surface area contributed by atoms with Crippen molar-refractivity contribution in [1.29, 1.82) is 0 Å². The Morgan fingerprint density at radius 3 is 2.57 bits per heavy atom. The molecule has 0 fully saturated rings. The molecule has 21 heavy (non-hydrogen) atoms. The molecule has 0 saturated carbocycles. The predicted octanol–water partition coefficient (Wildman–Crippen LogP) is 0.553. The zero-order chi connectivity index (χ0) is 15.2. The second-order valence-corrected chi connectivity index (χ2v) is 7.51. The third kappa shape index (κ3) is 7.77. The first-order chi connectivity index (χ1) is 9.33. The number of nitrogens with zero attached hydrogens (tertiary/aromatic N) is 1. The molecule has 0 unspecified atom stereocenters. The fourth-order valence-corrected chi connectivity index (χ4v) is 3.03. The van der Waals surface area contributed by atoms with Gasteiger partial charge in [-0.05, 0) is 25.6 Å². The van der Waals surface area contributed by atoms with Gasteiger partial charge in [0.1, 0.15) is 0 Å². The van der Waals surface area contributed by atoms with Gasteiger partial charge in [0.15, 0.2) is 0 Å². The molecule has 1 heterocycles. The standard InChI is InChI=1S/C12H21N3O3S2.ClH/c1-13-8-9-15(2)12(16)11-5-4-10(19-11)6-7-14-20(3,17)18;/h4-5,13-14H,6-9H2,1-3H3;1H. The van der Waals surface area contributed by atoms with Crippen molar-refractivity contribution in [3.8, 4) is 0 Å². The molecule has 0 radical (unpaired) electrons. The van der Waals surface area contributed by atoms with E-state index in [1.54, 1.807) is 18.0 Å². The highest BCUT2D eigenvalue weighted by Crippen LogP contribution is 2.18. The van der Waals surface area contributed by atoms with Crippen LogP contribution in [0.15, 0.2) is 12.1 Å². The summed E-state index contributed by atoms with van der Waals surface area (Å²) >= 11 is 1.41. The molecule has 0 saturated heterocycles. The summed E-state index contributed by atoms with van der Waals surface area (Å²) in [4.78, 5) is 15.4. The van der Waals surface area contributed by atoms with E-state index in [-0.39, 0.29) is 18.3 Å². The maximum atomic E-state index is 12.1. The van der Waals surface area contributed by atoms with Crippen LogP contribution in [0.5, 0.6) is 0 Å². The number of halogens is 1. The lowest BCUT2D eigenvalue weighted by Crippen LogP contribution is -2.32. The first kappa shape index (κ1) is 20.3. The van der Waals surface area contributed by atoms with E-state index in [0.717, 1.165) is 17.7 Å². The van der Waals surface area contributed by atoms with E-state index < -0.39 is 10.0 Å². The van der Waals surface area contributed by atoms with E-state index in [1.807, 2.05) is 13.1 Å². The molecule has 0 aliphatic rings. The van der Waals surface area contributed by atoms with Crippen LogP contribution in [-0.4, -0.2) is 59.2 Å². The zero-order valence-corrected chi connectivity index (χ0v) is 14.8. The third-order valence-corrected chi connectivity index (χ3v) is 4.51. The number of nitrogens with one attached hydrogen (secondary N) is 2. The van der Waals surface area contributed by atoms with E-state index in [4.69, 9.17) is 0 Å². The third-order valence-electron chi connectivity index (χ3n) is 2.65. The van der Waals surface area contributed by atoms with Gasteiger partial charge in [0.2, 0.25) is 10.0 Å². The van der Waals surface area contributed by atoms with Crippen molar-refractivity contribution in [3.63, 3.8) is 0 Å². The van der Waals surface area contributed by atoms with E-state index >= 15 is 0 Å². The maximum Gasteiger partial charge on any atom is 0.263 e. The highest BCUT2D eigenvalue weighted by Gasteiger charge is 2.13. The molecule has 1 rings (SSSR count). The molecular formula is C12H22ClN3O3S2. The van der Waals surface area contributed by atoms with Crippen molar-refractivity contribution in [2.75, 3.05) is 40.0 Å². The first-order valence-electron chi connectivity index (χ1n) is 6.27. The number of hydrogen-bond acceptors (Lipinski definition) is 5. The quantitative estimate of drug-likeness (QED) is 0.714. The van der Waals surface area contributed by atoms with Crippen LogP contribution >= 0.6 is 23.7 Å². The van der Waals surface area contributed by atoms with Gasteiger partial charge >= 0.3 is 0 Å². The highest BCUT2D eigenvalue weighted by atomic mass is 35.5. The van der Waals surface area contributed by atoms with Crippen molar-refractivity contribution in [3.05, 3.63) is 21.9 Å². The van der Waals surface area contributed by atoms with Crippen molar-refractivity contribution in [1.82, 2.24) is 14.9 Å². The molecule has 0 bridgehead atoms. The second kappa shape index (κ2) is 9.37. The van der Waals surface area contributed by atoms with Crippen LogP contribution in [0.2, 0.25) is 0 Å². The Hall–Kier alpha value is -0.670. The van der Waals surface area contributed by atoms with Crippen LogP contribution in [0.1, 0.15) is 14.5 Å². The van der Waals surface area contributed by atoms with Gasteiger partial charge in [-0.3, -0.25) is 4.79 Å². The van der Waals surface area contributed by atoms with Crippen LogP contribution in [0.4, 0.5) is 0 Å². The molecule has 0 atom stereocenters. The van der Waals surface area contributed by atoms with Crippen molar-refractivity contribution < 1.29 is 13.2 Å². The number of hydrogen-bond donors (Lipinski definition) is 2. The summed E-state index contributed by atoms with van der Waals surface area (Å²) in [7, 11) is 0.457. The number of carbonyl (C=O) groups is 1. The fourth-order valence-electron chi connectivity index (χ4n) is 1.56. The SMILES string of the molecule is CNCCN(C)C(=O)c1ccc(CCNS(C)(=O)=O)s1.Cl. The average molecular weight is 356 g/mol. The Balaban J connectivity index is 0.00000400. The molecule has 2 N–H and O–H groups in total. The number of amides is 1. The van der Waals surface area contributed by atoms with Crippen LogP contribution in [0.3, 0.4) is 0 Å². The summed E-state index contributed by atoms with van der Waals surface area (Å²) in [5, 5.41) is 3.00. The lowest BCUT2D eigenvalue weighted by Gasteiger charge is -2.15. The van der Waals surface area contributed by atoms with Crippen molar-refractivity contribution >= 4 is 39.7 Å². The van der Waals surface area contributed by atoms with E-state index in [2.05, 4.69) is 10.0 Å². The lowest BCUT2D eigenvalue weighted by molar-refractivity contribution is 0.0801. The summed E-state index contributed by atoms with van der Waals surface area (Å²) < 4.78 is 24.3. The van der Waals surface area contributed by atoms with Gasteiger partial charge in [0.25, 0.3) is 5.91 Å². The molecule has 0 spiro atoms. The molecule has 0 aliphatic carbocycles. The molecular weight excluding hydrogens is 334 g/mol. The molecule has 1 amide bonds. The summed E-state index contributed by atoms with van der Waals surface area (Å²) in [5.74, 6) is -0.00688. The average Bonchev–Trinajstić information content (AvgIpc) is 2.82. The molecule has 1 aromatic heterocycles. The van der Waals surface area contributed by atoms with Crippen LogP contribution in [0, 0.1) is 0 Å². The van der Waals surface area contributed by atoms with Gasteiger partial charge in [-0.2, -0.15) is 0 Å². The first-order valence-corrected chi connectivity index (χ1v) is 8.97. The summed E-state index contributed by atoms with van der Waals surface area (Å²) in [6, 6.07) is 3.66. The van der Waals surface area contributed by atoms with Crippen LogP contribution < -0.4 is 10.0 Å². The van der Waals surface area contributed by atoms with E-state index in [0.29, 0.717) is 24.4 Å². The predicted molar refractivity (Wildman–Crippen MR) is 89.0 cm³/mol. The molecule has 0 aromatic carbocycles. The molecule has 1 aromatic rings. The van der Waals surface area contributed by atoms with Crippen molar-refractivity contribution in [2.45, 2.75) is 6.42 Å². The van der Waals surface area contributed by atoms with Crippen LogP contribution in [-0.2, 0) is 16.4 Å². The Kier molecular flexibility index (Phi) is 9.07. The monoisotopic (exact) mass is 355 g/mol. The second-order valence-electron chi connectivity index (χ2n) is 4.51. The summed E-state index contributed by atoms with van der Waals surface area (Å²) in [5.41, 5.74) is 0. The van der Waals surface area contributed by atoms with Gasteiger partial charge < -0.3 is 10.2 Å². The molecule has 9 heteroatoms.